The summed E-state index contributed by atoms with van der Waals surface area (Å²) in [6.45, 7) is 4.08. The summed E-state index contributed by atoms with van der Waals surface area (Å²) in [6.07, 6.45) is 0. The molecule has 20 heavy (non-hydrogen) atoms. The van der Waals surface area contributed by atoms with Gasteiger partial charge in [-0.1, -0.05) is 30.3 Å². The Morgan fingerprint density at radius 3 is 2.75 bits per heavy atom. The fourth-order valence-corrected chi connectivity index (χ4v) is 2.40. The molecule has 1 fully saturated rings. The van der Waals surface area contributed by atoms with E-state index in [0.29, 0.717) is 19.6 Å². The maximum atomic E-state index is 12.4. The van der Waals surface area contributed by atoms with E-state index in [-0.39, 0.29) is 17.9 Å². The molecular weight excluding hydrogens is 254 g/mol. The average molecular weight is 275 g/mol. The van der Waals surface area contributed by atoms with E-state index < -0.39 is 0 Å². The zero-order valence-corrected chi connectivity index (χ0v) is 12.0. The molecule has 2 amide bonds. The van der Waals surface area contributed by atoms with Gasteiger partial charge in [-0.15, -0.1) is 0 Å². The van der Waals surface area contributed by atoms with Gasteiger partial charge in [0.2, 0.25) is 11.8 Å². The van der Waals surface area contributed by atoms with E-state index in [1.165, 1.54) is 0 Å². The molecule has 1 saturated heterocycles. The topological polar surface area (TPSA) is 52.7 Å². The zero-order chi connectivity index (χ0) is 14.5. The van der Waals surface area contributed by atoms with Gasteiger partial charge in [-0.3, -0.25) is 14.5 Å². The molecule has 1 N–H and O–H groups in total. The largest absolute Gasteiger partial charge is 0.354 e. The fraction of sp³-hybridized carbons (Fsp3) is 0.467. The molecule has 1 aromatic carbocycles. The predicted octanol–water partition coefficient (Wildman–Crippen LogP) is 0.465. The number of nitrogens with one attached hydrogen (secondary N) is 1. The maximum Gasteiger partial charge on any atom is 0.239 e. The highest BCUT2D eigenvalue weighted by atomic mass is 16.2. The van der Waals surface area contributed by atoms with Crippen LogP contribution in [0.1, 0.15) is 12.5 Å². The summed E-state index contributed by atoms with van der Waals surface area (Å²) in [5.41, 5.74) is 1.10. The van der Waals surface area contributed by atoms with Crippen LogP contribution in [0.5, 0.6) is 0 Å². The molecule has 0 radical (unpaired) electrons. The number of likely N-dealkylation sites (N-methyl/N-ethyl adjacent to an activating group) is 1. The van der Waals surface area contributed by atoms with Gasteiger partial charge in [0.25, 0.3) is 0 Å². The van der Waals surface area contributed by atoms with Gasteiger partial charge in [-0.25, -0.2) is 0 Å². The Kier molecular flexibility index (Phi) is 4.74. The lowest BCUT2D eigenvalue weighted by Gasteiger charge is -2.33. The Balaban J connectivity index is 1.94. The van der Waals surface area contributed by atoms with Crippen LogP contribution in [-0.4, -0.2) is 54.3 Å². The molecule has 1 aromatic rings. The highest BCUT2D eigenvalue weighted by Crippen LogP contribution is 2.08. The van der Waals surface area contributed by atoms with Gasteiger partial charge in [0.1, 0.15) is 0 Å². The monoisotopic (exact) mass is 275 g/mol. The molecule has 0 bridgehead atoms. The molecule has 1 aliphatic heterocycles. The van der Waals surface area contributed by atoms with Gasteiger partial charge >= 0.3 is 0 Å². The van der Waals surface area contributed by atoms with Crippen LogP contribution in [-0.2, 0) is 16.1 Å². The van der Waals surface area contributed by atoms with Crippen LogP contribution in [0, 0.1) is 0 Å². The van der Waals surface area contributed by atoms with Gasteiger partial charge in [-0.05, 0) is 12.5 Å². The normalized spacial score (nSPS) is 17.4. The van der Waals surface area contributed by atoms with Crippen molar-refractivity contribution in [3.8, 4) is 0 Å². The second-order valence-electron chi connectivity index (χ2n) is 5.18. The number of carbonyl (C=O) groups excluding carboxylic acids is 2. The van der Waals surface area contributed by atoms with E-state index in [1.54, 1.807) is 11.9 Å². The Hall–Kier alpha value is -1.88. The van der Waals surface area contributed by atoms with E-state index in [0.717, 1.165) is 12.1 Å². The van der Waals surface area contributed by atoms with Gasteiger partial charge in [0.05, 0.1) is 12.6 Å². The molecule has 0 aromatic heterocycles. The lowest BCUT2D eigenvalue weighted by Crippen LogP contribution is -2.55. The number of rotatable bonds is 4. The minimum Gasteiger partial charge on any atom is -0.354 e. The highest BCUT2D eigenvalue weighted by molar-refractivity contribution is 5.83. The maximum absolute atomic E-state index is 12.4. The number of hydrogen-bond acceptors (Lipinski definition) is 3. The lowest BCUT2D eigenvalue weighted by atomic mass is 10.2. The third kappa shape index (κ3) is 3.57. The van der Waals surface area contributed by atoms with E-state index in [4.69, 9.17) is 0 Å². The first-order chi connectivity index (χ1) is 9.58. The molecule has 108 valence electrons. The number of piperazine rings is 1. The van der Waals surface area contributed by atoms with Gasteiger partial charge < -0.3 is 10.2 Å². The molecule has 0 unspecified atom stereocenters. The summed E-state index contributed by atoms with van der Waals surface area (Å²) in [4.78, 5) is 27.4. The van der Waals surface area contributed by atoms with Gasteiger partial charge in [0.15, 0.2) is 0 Å². The summed E-state index contributed by atoms with van der Waals surface area (Å²) in [5.74, 6) is 0.0326. The molecule has 1 atom stereocenters. The molecule has 0 spiro atoms. The summed E-state index contributed by atoms with van der Waals surface area (Å²) in [6, 6.07) is 9.62. The van der Waals surface area contributed by atoms with Crippen LogP contribution < -0.4 is 5.32 Å². The van der Waals surface area contributed by atoms with Crippen LogP contribution in [0.2, 0.25) is 0 Å². The molecule has 1 aliphatic rings. The van der Waals surface area contributed by atoms with Crippen molar-refractivity contribution in [2.75, 3.05) is 26.7 Å². The third-order valence-corrected chi connectivity index (χ3v) is 3.61. The van der Waals surface area contributed by atoms with Gasteiger partial charge in [0, 0.05) is 26.7 Å². The first kappa shape index (κ1) is 14.5. The molecule has 5 nitrogen and oxygen atoms in total. The van der Waals surface area contributed by atoms with E-state index in [1.807, 2.05) is 42.2 Å². The number of amides is 2. The first-order valence-corrected chi connectivity index (χ1v) is 6.87. The number of nitrogens with zero attached hydrogens (tertiary/aromatic N) is 2. The van der Waals surface area contributed by atoms with E-state index >= 15 is 0 Å². The third-order valence-electron chi connectivity index (χ3n) is 3.61. The Labute approximate surface area is 119 Å². The van der Waals surface area contributed by atoms with Crippen molar-refractivity contribution < 1.29 is 9.59 Å². The summed E-state index contributed by atoms with van der Waals surface area (Å²) >= 11 is 0. The van der Waals surface area contributed by atoms with Crippen molar-refractivity contribution in [1.29, 1.82) is 0 Å². The van der Waals surface area contributed by atoms with Crippen LogP contribution in [0.4, 0.5) is 0 Å². The van der Waals surface area contributed by atoms with Crippen LogP contribution in [0.3, 0.4) is 0 Å². The first-order valence-electron chi connectivity index (χ1n) is 6.87. The van der Waals surface area contributed by atoms with Crippen molar-refractivity contribution in [1.82, 2.24) is 15.1 Å². The van der Waals surface area contributed by atoms with Crippen molar-refractivity contribution in [2.45, 2.75) is 19.5 Å². The Morgan fingerprint density at radius 2 is 2.10 bits per heavy atom. The minimum absolute atomic E-state index is 0.0124. The predicted molar refractivity (Wildman–Crippen MR) is 77.0 cm³/mol. The molecule has 2 rings (SSSR count). The second kappa shape index (κ2) is 6.52. The summed E-state index contributed by atoms with van der Waals surface area (Å²) in [5, 5.41) is 2.77. The molecule has 5 heteroatoms. The number of carbonyl (C=O) groups is 2. The number of benzene rings is 1. The van der Waals surface area contributed by atoms with Crippen molar-refractivity contribution >= 4 is 11.8 Å². The Bertz CT molecular complexity index is 475. The van der Waals surface area contributed by atoms with E-state index in [2.05, 4.69) is 5.32 Å². The molecular formula is C15H21N3O2. The SMILES string of the molecule is C[C@H](C(=O)N(C)Cc1ccccc1)N1CCNC(=O)C1. The van der Waals surface area contributed by atoms with Crippen LogP contribution >= 0.6 is 0 Å². The standard InChI is InChI=1S/C15H21N3O2/c1-12(18-9-8-16-14(19)11-18)15(20)17(2)10-13-6-4-3-5-7-13/h3-7,12H,8-11H2,1-2H3,(H,16,19)/t12-/m1/s1. The zero-order valence-electron chi connectivity index (χ0n) is 12.0. The van der Waals surface area contributed by atoms with E-state index in [9.17, 15) is 9.59 Å². The summed E-state index contributed by atoms with van der Waals surface area (Å²) in [7, 11) is 1.80. The summed E-state index contributed by atoms with van der Waals surface area (Å²) < 4.78 is 0. The fourth-order valence-electron chi connectivity index (χ4n) is 2.40. The quantitative estimate of drug-likeness (QED) is 0.869. The molecule has 1 heterocycles. The highest BCUT2D eigenvalue weighted by Gasteiger charge is 2.27. The molecule has 0 aliphatic carbocycles. The average Bonchev–Trinajstić information content (AvgIpc) is 2.46. The van der Waals surface area contributed by atoms with Crippen molar-refractivity contribution in [3.05, 3.63) is 35.9 Å². The lowest BCUT2D eigenvalue weighted by molar-refractivity contribution is -0.137. The smallest absolute Gasteiger partial charge is 0.239 e. The van der Waals surface area contributed by atoms with Gasteiger partial charge in [-0.2, -0.15) is 0 Å². The Morgan fingerprint density at radius 1 is 1.40 bits per heavy atom. The van der Waals surface area contributed by atoms with Crippen molar-refractivity contribution in [2.24, 2.45) is 0 Å². The van der Waals surface area contributed by atoms with Crippen molar-refractivity contribution in [3.63, 3.8) is 0 Å². The minimum atomic E-state index is -0.269. The number of hydrogen-bond donors (Lipinski definition) is 1. The molecule has 0 saturated carbocycles. The van der Waals surface area contributed by atoms with Crippen LogP contribution in [0.25, 0.3) is 0 Å². The van der Waals surface area contributed by atoms with Crippen LogP contribution in [0.15, 0.2) is 30.3 Å². The second-order valence-corrected chi connectivity index (χ2v) is 5.18.